The van der Waals surface area contributed by atoms with Gasteiger partial charge in [-0.15, -0.1) is 11.8 Å². The number of benzene rings is 1. The molecule has 2 rings (SSSR count). The number of carbonyl (C=O) groups is 1. The van der Waals surface area contributed by atoms with E-state index in [-0.39, 0.29) is 6.04 Å². The van der Waals surface area contributed by atoms with Gasteiger partial charge in [0, 0.05) is 16.6 Å². The summed E-state index contributed by atoms with van der Waals surface area (Å²) in [5, 5.41) is 11.8. The quantitative estimate of drug-likeness (QED) is 0.743. The minimum Gasteiger partial charge on any atom is -0.480 e. The summed E-state index contributed by atoms with van der Waals surface area (Å²) in [6, 6.07) is 7.74. The van der Waals surface area contributed by atoms with Crippen LogP contribution in [-0.4, -0.2) is 22.4 Å². The molecule has 3 nitrogen and oxygen atoms in total. The molecular formula is C10H11NO2S. The van der Waals surface area contributed by atoms with E-state index in [0.717, 1.165) is 10.6 Å². The maximum Gasteiger partial charge on any atom is 0.319 e. The Bertz CT molecular complexity index is 367. The van der Waals surface area contributed by atoms with Crippen LogP contribution < -0.4 is 5.32 Å². The molecule has 14 heavy (non-hydrogen) atoms. The van der Waals surface area contributed by atoms with E-state index in [9.17, 15) is 4.79 Å². The summed E-state index contributed by atoms with van der Waals surface area (Å²) in [6.07, 6.45) is 0. The van der Waals surface area contributed by atoms with Crippen LogP contribution in [-0.2, 0) is 4.79 Å². The summed E-state index contributed by atoms with van der Waals surface area (Å²) >= 11 is 1.41. The normalized spacial score (nSPS) is 24.9. The van der Waals surface area contributed by atoms with E-state index in [1.807, 2.05) is 31.2 Å². The molecule has 1 heterocycles. The molecule has 0 radical (unpaired) electrons. The standard InChI is InChI=1S/C10H11NO2S/c1-6-9(10(12)13)14-8-5-3-2-4-7(8)11-6/h2-6,9,11H,1H3,(H,12,13). The van der Waals surface area contributed by atoms with Crippen molar-refractivity contribution in [2.45, 2.75) is 23.1 Å². The van der Waals surface area contributed by atoms with Gasteiger partial charge in [-0.2, -0.15) is 0 Å². The Kier molecular flexibility index (Phi) is 2.37. The van der Waals surface area contributed by atoms with Crippen molar-refractivity contribution in [3.8, 4) is 0 Å². The molecular weight excluding hydrogens is 198 g/mol. The van der Waals surface area contributed by atoms with Crippen LogP contribution in [0.4, 0.5) is 5.69 Å². The second kappa shape index (κ2) is 3.53. The lowest BCUT2D eigenvalue weighted by molar-refractivity contribution is -0.136. The molecule has 2 unspecified atom stereocenters. The molecule has 0 aromatic heterocycles. The zero-order valence-electron chi connectivity index (χ0n) is 7.73. The SMILES string of the molecule is CC1Nc2ccccc2SC1C(=O)O. The van der Waals surface area contributed by atoms with Crippen LogP contribution in [0.3, 0.4) is 0 Å². The highest BCUT2D eigenvalue weighted by Crippen LogP contribution is 2.37. The first-order valence-electron chi connectivity index (χ1n) is 4.43. The van der Waals surface area contributed by atoms with Crippen molar-refractivity contribution in [2.75, 3.05) is 5.32 Å². The first-order valence-corrected chi connectivity index (χ1v) is 5.31. The highest BCUT2D eigenvalue weighted by atomic mass is 32.2. The molecule has 0 spiro atoms. The van der Waals surface area contributed by atoms with Gasteiger partial charge >= 0.3 is 5.97 Å². The molecule has 2 atom stereocenters. The Balaban J connectivity index is 2.31. The minimum absolute atomic E-state index is 0.0348. The average molecular weight is 209 g/mol. The van der Waals surface area contributed by atoms with Gasteiger partial charge in [0.15, 0.2) is 0 Å². The monoisotopic (exact) mass is 209 g/mol. The summed E-state index contributed by atoms with van der Waals surface area (Å²) in [5.41, 5.74) is 1.03. The number of hydrogen-bond acceptors (Lipinski definition) is 3. The van der Waals surface area contributed by atoms with Gasteiger partial charge in [0.1, 0.15) is 5.25 Å². The van der Waals surface area contributed by atoms with E-state index < -0.39 is 11.2 Å². The van der Waals surface area contributed by atoms with Gasteiger partial charge in [-0.1, -0.05) is 12.1 Å². The van der Waals surface area contributed by atoms with Gasteiger partial charge in [0.2, 0.25) is 0 Å². The van der Waals surface area contributed by atoms with Crippen molar-refractivity contribution in [3.63, 3.8) is 0 Å². The van der Waals surface area contributed by atoms with E-state index >= 15 is 0 Å². The number of fused-ring (bicyclic) bond motifs is 1. The molecule has 1 aromatic rings. The zero-order valence-corrected chi connectivity index (χ0v) is 8.54. The van der Waals surface area contributed by atoms with E-state index in [1.54, 1.807) is 0 Å². The van der Waals surface area contributed by atoms with Crippen LogP contribution in [0.5, 0.6) is 0 Å². The van der Waals surface area contributed by atoms with E-state index in [0.29, 0.717) is 0 Å². The summed E-state index contributed by atoms with van der Waals surface area (Å²) < 4.78 is 0. The Hall–Kier alpha value is -1.16. The lowest BCUT2D eigenvalue weighted by atomic mass is 10.2. The summed E-state index contributed by atoms with van der Waals surface area (Å²) in [5.74, 6) is -0.760. The molecule has 2 N–H and O–H groups in total. The van der Waals surface area contributed by atoms with Gasteiger partial charge in [-0.25, -0.2) is 0 Å². The number of carboxylic acids is 1. The number of rotatable bonds is 1. The molecule has 0 bridgehead atoms. The topological polar surface area (TPSA) is 49.3 Å². The highest BCUT2D eigenvalue weighted by Gasteiger charge is 2.30. The number of aliphatic carboxylic acids is 1. The molecule has 74 valence electrons. The molecule has 0 fully saturated rings. The second-order valence-corrected chi connectivity index (χ2v) is 4.49. The minimum atomic E-state index is -0.760. The van der Waals surface area contributed by atoms with Gasteiger partial charge < -0.3 is 10.4 Å². The molecule has 1 aliphatic heterocycles. The molecule has 0 aliphatic carbocycles. The number of carboxylic acid groups (broad SMARTS) is 1. The smallest absolute Gasteiger partial charge is 0.319 e. The highest BCUT2D eigenvalue weighted by molar-refractivity contribution is 8.00. The number of para-hydroxylation sites is 1. The summed E-state index contributed by atoms with van der Waals surface area (Å²) in [4.78, 5) is 11.9. The van der Waals surface area contributed by atoms with Gasteiger partial charge in [0.25, 0.3) is 0 Å². The number of nitrogens with one attached hydrogen (secondary N) is 1. The Morgan fingerprint density at radius 3 is 2.93 bits per heavy atom. The number of anilines is 1. The molecule has 0 saturated carbocycles. The zero-order chi connectivity index (χ0) is 10.1. The van der Waals surface area contributed by atoms with Crippen molar-refractivity contribution >= 4 is 23.4 Å². The number of thioether (sulfide) groups is 1. The van der Waals surface area contributed by atoms with E-state index in [2.05, 4.69) is 5.32 Å². The molecule has 0 amide bonds. The maximum absolute atomic E-state index is 10.9. The van der Waals surface area contributed by atoms with Crippen molar-refractivity contribution in [3.05, 3.63) is 24.3 Å². The maximum atomic E-state index is 10.9. The average Bonchev–Trinajstić information content (AvgIpc) is 2.16. The van der Waals surface area contributed by atoms with Crippen LogP contribution in [0.25, 0.3) is 0 Å². The van der Waals surface area contributed by atoms with E-state index in [1.165, 1.54) is 11.8 Å². The van der Waals surface area contributed by atoms with Crippen LogP contribution in [0.2, 0.25) is 0 Å². The van der Waals surface area contributed by atoms with Crippen molar-refractivity contribution < 1.29 is 9.90 Å². The molecule has 1 aromatic carbocycles. The molecule has 4 heteroatoms. The fourth-order valence-electron chi connectivity index (χ4n) is 1.51. The van der Waals surface area contributed by atoms with Crippen LogP contribution >= 0.6 is 11.8 Å². The third kappa shape index (κ3) is 1.57. The van der Waals surface area contributed by atoms with Crippen LogP contribution in [0, 0.1) is 0 Å². The number of hydrogen-bond donors (Lipinski definition) is 2. The Labute approximate surface area is 86.5 Å². The third-order valence-corrected chi connectivity index (χ3v) is 3.70. The Morgan fingerprint density at radius 2 is 2.21 bits per heavy atom. The van der Waals surface area contributed by atoms with Gasteiger partial charge in [-0.3, -0.25) is 4.79 Å². The van der Waals surface area contributed by atoms with Crippen LogP contribution in [0.1, 0.15) is 6.92 Å². The third-order valence-electron chi connectivity index (χ3n) is 2.22. The summed E-state index contributed by atoms with van der Waals surface area (Å²) in [6.45, 7) is 1.89. The lowest BCUT2D eigenvalue weighted by Crippen LogP contribution is -2.37. The van der Waals surface area contributed by atoms with Crippen molar-refractivity contribution in [2.24, 2.45) is 0 Å². The fraction of sp³-hybridized carbons (Fsp3) is 0.300. The Morgan fingerprint density at radius 1 is 1.50 bits per heavy atom. The van der Waals surface area contributed by atoms with Gasteiger partial charge in [0.05, 0.1) is 0 Å². The fourth-order valence-corrected chi connectivity index (χ4v) is 2.57. The van der Waals surface area contributed by atoms with Crippen molar-refractivity contribution in [1.29, 1.82) is 0 Å². The molecule has 1 aliphatic rings. The largest absolute Gasteiger partial charge is 0.480 e. The molecule has 0 saturated heterocycles. The van der Waals surface area contributed by atoms with Crippen molar-refractivity contribution in [1.82, 2.24) is 0 Å². The predicted molar refractivity (Wildman–Crippen MR) is 56.8 cm³/mol. The summed E-state index contributed by atoms with van der Waals surface area (Å²) in [7, 11) is 0. The van der Waals surface area contributed by atoms with E-state index in [4.69, 9.17) is 5.11 Å². The predicted octanol–water partition coefficient (Wildman–Crippen LogP) is 2.05. The van der Waals surface area contributed by atoms with Gasteiger partial charge in [-0.05, 0) is 19.1 Å². The van der Waals surface area contributed by atoms with Crippen LogP contribution in [0.15, 0.2) is 29.2 Å². The first-order chi connectivity index (χ1) is 6.68. The first kappa shape index (κ1) is 9.40. The second-order valence-electron chi connectivity index (χ2n) is 3.31. The lowest BCUT2D eigenvalue weighted by Gasteiger charge is -2.28.